The summed E-state index contributed by atoms with van der Waals surface area (Å²) in [5.41, 5.74) is 8.98. The second kappa shape index (κ2) is 9.79. The fourth-order valence-electron chi connectivity index (χ4n) is 5.52. The number of anilines is 1. The zero-order chi connectivity index (χ0) is 26.2. The highest BCUT2D eigenvalue weighted by Gasteiger charge is 2.18. The number of pyridine rings is 3. The summed E-state index contributed by atoms with van der Waals surface area (Å²) in [7, 11) is 0. The van der Waals surface area contributed by atoms with Crippen LogP contribution in [0.15, 0.2) is 85.6 Å². The van der Waals surface area contributed by atoms with Crippen molar-refractivity contribution in [3.05, 3.63) is 85.6 Å². The summed E-state index contributed by atoms with van der Waals surface area (Å²) >= 11 is 0. The normalized spacial score (nSPS) is 14.2. The third-order valence-electron chi connectivity index (χ3n) is 7.57. The topological polar surface area (TPSA) is 108 Å². The number of hydrogen-bond acceptors (Lipinski definition) is 6. The molecule has 0 spiro atoms. The van der Waals surface area contributed by atoms with E-state index >= 15 is 0 Å². The van der Waals surface area contributed by atoms with Gasteiger partial charge < -0.3 is 10.3 Å². The lowest BCUT2D eigenvalue weighted by Gasteiger charge is -2.24. The molecule has 8 heteroatoms. The van der Waals surface area contributed by atoms with Crippen LogP contribution in [0.5, 0.6) is 0 Å². The molecule has 1 fully saturated rings. The van der Waals surface area contributed by atoms with Gasteiger partial charge in [-0.25, -0.2) is 4.98 Å². The molecule has 0 unspecified atom stereocenters. The molecule has 0 saturated heterocycles. The Kier molecular flexibility index (Phi) is 5.85. The summed E-state index contributed by atoms with van der Waals surface area (Å²) in [6.07, 6.45) is 13.6. The van der Waals surface area contributed by atoms with Crippen LogP contribution in [0.4, 0.5) is 5.69 Å². The van der Waals surface area contributed by atoms with Crippen LogP contribution in [0.3, 0.4) is 0 Å². The van der Waals surface area contributed by atoms with Crippen LogP contribution in [0.2, 0.25) is 0 Å². The number of benzene rings is 1. The van der Waals surface area contributed by atoms with Crippen molar-refractivity contribution in [3.8, 4) is 34.0 Å². The second-order valence-corrected chi connectivity index (χ2v) is 10.1. The molecule has 6 aromatic rings. The predicted molar refractivity (Wildman–Crippen MR) is 155 cm³/mol. The van der Waals surface area contributed by atoms with Gasteiger partial charge in [-0.3, -0.25) is 20.1 Å². The molecule has 8 nitrogen and oxygen atoms in total. The average molecular weight is 513 g/mol. The molecule has 1 aromatic carbocycles. The molecule has 5 aromatic heterocycles. The molecule has 39 heavy (non-hydrogen) atoms. The second-order valence-electron chi connectivity index (χ2n) is 10.1. The third kappa shape index (κ3) is 4.44. The average Bonchev–Trinajstić information content (AvgIpc) is 3.62. The summed E-state index contributed by atoms with van der Waals surface area (Å²) in [6, 6.07) is 16.1. The first-order chi connectivity index (χ1) is 19.2. The van der Waals surface area contributed by atoms with E-state index in [1.165, 1.54) is 32.1 Å². The molecular weight excluding hydrogens is 484 g/mol. The SMILES string of the molecule is C=C(Nc1cncc(-c2ccc3[nH]nc(-c4nc5c(-c6ccccn6)nccc5[nH]4)c3c2)c1)C1CCCCC1. The summed E-state index contributed by atoms with van der Waals surface area (Å²) < 4.78 is 0. The Morgan fingerprint density at radius 1 is 0.872 bits per heavy atom. The van der Waals surface area contributed by atoms with E-state index in [9.17, 15) is 0 Å². The van der Waals surface area contributed by atoms with Crippen LogP contribution in [-0.4, -0.2) is 35.1 Å². The molecule has 0 bridgehead atoms. The van der Waals surface area contributed by atoms with Crippen molar-refractivity contribution in [2.75, 3.05) is 5.32 Å². The Bertz CT molecular complexity index is 1790. The number of imidazole rings is 1. The van der Waals surface area contributed by atoms with Crippen LogP contribution < -0.4 is 5.32 Å². The molecule has 1 saturated carbocycles. The highest BCUT2D eigenvalue weighted by Crippen LogP contribution is 2.33. The van der Waals surface area contributed by atoms with Crippen molar-refractivity contribution in [2.45, 2.75) is 32.1 Å². The lowest BCUT2D eigenvalue weighted by atomic mass is 9.87. The van der Waals surface area contributed by atoms with Gasteiger partial charge in [0.05, 0.1) is 28.6 Å². The molecular formula is C31H28N8. The van der Waals surface area contributed by atoms with E-state index in [4.69, 9.17) is 4.98 Å². The third-order valence-corrected chi connectivity index (χ3v) is 7.57. The van der Waals surface area contributed by atoms with Gasteiger partial charge in [0, 0.05) is 35.2 Å². The van der Waals surface area contributed by atoms with E-state index in [2.05, 4.69) is 60.2 Å². The predicted octanol–water partition coefficient (Wildman–Crippen LogP) is 7.13. The van der Waals surface area contributed by atoms with Crippen molar-refractivity contribution in [1.29, 1.82) is 0 Å². The lowest BCUT2D eigenvalue weighted by Crippen LogP contribution is -2.14. The van der Waals surface area contributed by atoms with Gasteiger partial charge in [-0.05, 0) is 60.7 Å². The number of rotatable bonds is 6. The quantitative estimate of drug-likeness (QED) is 0.219. The van der Waals surface area contributed by atoms with E-state index < -0.39 is 0 Å². The Labute approximate surface area is 225 Å². The van der Waals surface area contributed by atoms with Crippen molar-refractivity contribution in [3.63, 3.8) is 0 Å². The van der Waals surface area contributed by atoms with Crippen LogP contribution in [0.25, 0.3) is 56.0 Å². The maximum absolute atomic E-state index is 4.90. The fraction of sp³-hybridized carbons (Fsp3) is 0.194. The first-order valence-corrected chi connectivity index (χ1v) is 13.4. The van der Waals surface area contributed by atoms with Gasteiger partial charge in [-0.2, -0.15) is 5.10 Å². The van der Waals surface area contributed by atoms with Gasteiger partial charge in [0.15, 0.2) is 5.82 Å². The summed E-state index contributed by atoms with van der Waals surface area (Å²) in [5, 5.41) is 12.3. The number of H-pyrrole nitrogens is 2. The molecule has 1 aliphatic rings. The van der Waals surface area contributed by atoms with Gasteiger partial charge in [0.1, 0.15) is 16.9 Å². The number of aromatic amines is 2. The Morgan fingerprint density at radius 2 is 1.79 bits per heavy atom. The van der Waals surface area contributed by atoms with Crippen LogP contribution in [0.1, 0.15) is 32.1 Å². The Morgan fingerprint density at radius 3 is 2.67 bits per heavy atom. The molecule has 1 aliphatic carbocycles. The first kappa shape index (κ1) is 23.3. The van der Waals surface area contributed by atoms with Crippen LogP contribution >= 0.6 is 0 Å². The van der Waals surface area contributed by atoms with Crippen molar-refractivity contribution in [1.82, 2.24) is 35.1 Å². The fourth-order valence-corrected chi connectivity index (χ4v) is 5.52. The van der Waals surface area contributed by atoms with Gasteiger partial charge in [0.2, 0.25) is 0 Å². The summed E-state index contributed by atoms with van der Waals surface area (Å²) in [5.74, 6) is 1.21. The molecule has 0 atom stereocenters. The molecule has 0 amide bonds. The minimum Gasteiger partial charge on any atom is -0.358 e. The minimum absolute atomic E-state index is 0.532. The van der Waals surface area contributed by atoms with E-state index in [0.717, 1.165) is 61.5 Å². The number of hydrogen-bond donors (Lipinski definition) is 3. The largest absolute Gasteiger partial charge is 0.358 e. The minimum atomic E-state index is 0.532. The van der Waals surface area contributed by atoms with Gasteiger partial charge in [-0.1, -0.05) is 38.0 Å². The van der Waals surface area contributed by atoms with Crippen LogP contribution in [-0.2, 0) is 0 Å². The lowest BCUT2D eigenvalue weighted by molar-refractivity contribution is 0.405. The van der Waals surface area contributed by atoms with Crippen molar-refractivity contribution < 1.29 is 0 Å². The van der Waals surface area contributed by atoms with E-state index in [-0.39, 0.29) is 0 Å². The smallest absolute Gasteiger partial charge is 0.159 e. The summed E-state index contributed by atoms with van der Waals surface area (Å²) in [6.45, 7) is 4.33. The van der Waals surface area contributed by atoms with Gasteiger partial charge in [-0.15, -0.1) is 0 Å². The molecule has 3 N–H and O–H groups in total. The standard InChI is InChI=1S/C31H28N8/c1-19(20-7-3-2-4-8-20)35-23-15-22(17-32-18-23)21-10-11-25-24(16-21)28(39-38-25)31-36-27-12-14-34-29(30(27)37-31)26-9-5-6-13-33-26/h5-6,9-18,20,35H,1-4,7-8H2,(H,36,37)(H,38,39). The number of aromatic nitrogens is 7. The number of nitrogens with zero attached hydrogens (tertiary/aromatic N) is 5. The molecule has 0 aliphatic heterocycles. The van der Waals surface area contributed by atoms with Crippen molar-refractivity contribution in [2.24, 2.45) is 5.92 Å². The Balaban J connectivity index is 1.23. The van der Waals surface area contributed by atoms with E-state index in [0.29, 0.717) is 11.7 Å². The Hall–Kier alpha value is -4.85. The number of allylic oxidation sites excluding steroid dienone is 1. The van der Waals surface area contributed by atoms with Crippen LogP contribution in [0, 0.1) is 5.92 Å². The molecule has 0 radical (unpaired) electrons. The van der Waals surface area contributed by atoms with Gasteiger partial charge in [0.25, 0.3) is 0 Å². The molecule has 5 heterocycles. The molecule has 192 valence electrons. The number of nitrogens with one attached hydrogen (secondary N) is 3. The highest BCUT2D eigenvalue weighted by molar-refractivity contribution is 5.97. The first-order valence-electron chi connectivity index (χ1n) is 13.4. The monoisotopic (exact) mass is 512 g/mol. The summed E-state index contributed by atoms with van der Waals surface area (Å²) in [4.78, 5) is 21.9. The molecule has 7 rings (SSSR count). The highest BCUT2D eigenvalue weighted by atomic mass is 15.1. The zero-order valence-corrected chi connectivity index (χ0v) is 21.5. The van der Waals surface area contributed by atoms with E-state index in [1.807, 2.05) is 42.7 Å². The number of fused-ring (bicyclic) bond motifs is 2. The zero-order valence-electron chi connectivity index (χ0n) is 21.5. The maximum atomic E-state index is 4.90. The van der Waals surface area contributed by atoms with E-state index in [1.54, 1.807) is 12.4 Å². The van der Waals surface area contributed by atoms with Gasteiger partial charge >= 0.3 is 0 Å². The van der Waals surface area contributed by atoms with Crippen molar-refractivity contribution >= 4 is 27.6 Å². The maximum Gasteiger partial charge on any atom is 0.159 e.